The summed E-state index contributed by atoms with van der Waals surface area (Å²) in [7, 11) is 0. The maximum Gasteiger partial charge on any atom is 0.441 e. The Morgan fingerprint density at radius 2 is 1.86 bits per heavy atom. The molecular weight excluding hydrogens is 486 g/mol. The third kappa shape index (κ3) is 3.88. The van der Waals surface area contributed by atoms with E-state index in [1.54, 1.807) is 18.2 Å². The van der Waals surface area contributed by atoms with Gasteiger partial charge in [-0.3, -0.25) is 9.80 Å². The van der Waals surface area contributed by atoms with Crippen molar-refractivity contribution < 1.29 is 32.4 Å². The van der Waals surface area contributed by atoms with Crippen molar-refractivity contribution in [2.24, 2.45) is 0 Å². The minimum atomic E-state index is -4.72. The number of hydrogen-bond acceptors (Lipinski definition) is 5. The van der Waals surface area contributed by atoms with Crippen LogP contribution >= 0.6 is 11.8 Å². The van der Waals surface area contributed by atoms with Gasteiger partial charge < -0.3 is 5.11 Å². The number of hydrogen-bond donors (Lipinski definition) is 2. The van der Waals surface area contributed by atoms with Gasteiger partial charge in [0.25, 0.3) is 0 Å². The molecule has 0 radical (unpaired) electrons. The molecule has 6 nitrogen and oxygen atoms in total. The summed E-state index contributed by atoms with van der Waals surface area (Å²) in [5.74, 6) is -1.97. The van der Waals surface area contributed by atoms with Gasteiger partial charge in [-0.2, -0.15) is 13.2 Å². The zero-order valence-electron chi connectivity index (χ0n) is 18.3. The molecule has 2 aromatic carbocycles. The van der Waals surface area contributed by atoms with Gasteiger partial charge in [0.15, 0.2) is 18.5 Å². The Morgan fingerprint density at radius 1 is 1.11 bits per heavy atom. The number of pyridine rings is 1. The summed E-state index contributed by atoms with van der Waals surface area (Å²) in [5, 5.41) is 12.0. The van der Waals surface area contributed by atoms with E-state index in [1.807, 2.05) is 12.1 Å². The lowest BCUT2D eigenvalue weighted by Gasteiger charge is -2.42. The van der Waals surface area contributed by atoms with Crippen LogP contribution < -0.4 is 15.3 Å². The van der Waals surface area contributed by atoms with Crippen LogP contribution in [0.1, 0.15) is 40.1 Å². The smallest absolute Gasteiger partial charge is 0.441 e. The monoisotopic (exact) mass is 506 g/mol. The fourth-order valence-electron chi connectivity index (χ4n) is 4.60. The third-order valence-corrected chi connectivity index (χ3v) is 7.62. The summed E-state index contributed by atoms with van der Waals surface area (Å²) in [4.78, 5) is 25.7. The van der Waals surface area contributed by atoms with Crippen LogP contribution in [0.4, 0.5) is 17.6 Å². The van der Waals surface area contributed by atoms with E-state index in [-0.39, 0.29) is 0 Å². The van der Waals surface area contributed by atoms with Crippen LogP contribution in [-0.4, -0.2) is 34.6 Å². The van der Waals surface area contributed by atoms with Gasteiger partial charge >= 0.3 is 12.1 Å². The van der Waals surface area contributed by atoms with E-state index in [4.69, 9.17) is 0 Å². The average Bonchev–Trinajstić information content (AvgIpc) is 2.97. The van der Waals surface area contributed by atoms with Crippen LogP contribution in [0.3, 0.4) is 0 Å². The summed E-state index contributed by atoms with van der Waals surface area (Å²) in [6, 6.07) is 9.71. The van der Waals surface area contributed by atoms with Crippen molar-refractivity contribution >= 4 is 17.7 Å². The summed E-state index contributed by atoms with van der Waals surface area (Å²) in [6.45, 7) is 0.443. The van der Waals surface area contributed by atoms with Gasteiger partial charge in [-0.1, -0.05) is 24.3 Å². The minimum absolute atomic E-state index is 0.436. The standard InChI is InChI=1S/C24H19F4N3O3S/c1-13(24(26,27)28)29-12-31(30-9-8-18(32)22(33)21(30)23(29)34)20-16-4-2-3-5-19(16)35-11-14-6-7-15(25)10-17(14)20/h2-10,13,20,33H,11-12H2,1H3/p+1/t13?,20-/m1/s1. The molecule has 2 aliphatic heterocycles. The topological polar surface area (TPSA) is 67.0 Å². The van der Waals surface area contributed by atoms with Gasteiger partial charge in [0.05, 0.1) is 0 Å². The van der Waals surface area contributed by atoms with Crippen molar-refractivity contribution in [1.82, 2.24) is 4.68 Å². The number of aromatic nitrogens is 1. The predicted molar refractivity (Wildman–Crippen MR) is 121 cm³/mol. The van der Waals surface area contributed by atoms with Crippen molar-refractivity contribution in [1.29, 1.82) is 0 Å². The van der Waals surface area contributed by atoms with Crippen LogP contribution in [0.15, 0.2) is 64.4 Å². The number of carbonyl (C=O) groups is 1. The zero-order chi connectivity index (χ0) is 25.1. The Kier molecular flexibility index (Phi) is 5.64. The first-order valence-electron chi connectivity index (χ1n) is 10.8. The molecule has 0 aliphatic carbocycles. The molecule has 2 unspecified atom stereocenters. The largest absolute Gasteiger partial charge is 0.502 e. The molecule has 0 saturated heterocycles. The van der Waals surface area contributed by atoms with Gasteiger partial charge in [-0.15, -0.1) is 11.8 Å². The van der Waals surface area contributed by atoms with E-state index >= 15 is 0 Å². The third-order valence-electron chi connectivity index (χ3n) is 6.48. The Hall–Kier alpha value is -3.31. The molecule has 3 aromatic rings. The van der Waals surface area contributed by atoms with Crippen LogP contribution in [0.2, 0.25) is 0 Å². The number of nitrogens with zero attached hydrogens (tertiary/aromatic N) is 2. The number of rotatable bonds is 2. The van der Waals surface area contributed by atoms with E-state index in [1.165, 1.54) is 39.8 Å². The molecule has 1 aromatic heterocycles. The van der Waals surface area contributed by atoms with Crippen molar-refractivity contribution in [3.05, 3.63) is 93.2 Å². The second-order valence-electron chi connectivity index (χ2n) is 8.51. The van der Waals surface area contributed by atoms with Crippen molar-refractivity contribution in [2.45, 2.75) is 35.8 Å². The first-order valence-corrected chi connectivity index (χ1v) is 11.7. The summed E-state index contributed by atoms with van der Waals surface area (Å²) in [6.07, 6.45) is -3.46. The van der Waals surface area contributed by atoms with E-state index in [9.17, 15) is 32.3 Å². The first-order chi connectivity index (χ1) is 16.6. The van der Waals surface area contributed by atoms with Crippen LogP contribution in [0.25, 0.3) is 0 Å². The van der Waals surface area contributed by atoms with E-state index in [0.29, 0.717) is 16.9 Å². The molecule has 2 aliphatic rings. The normalized spacial score (nSPS) is 20.5. The SMILES string of the molecule is CC([NH+]1CN([C@H]2c3cc(F)ccc3CSc3ccccc32)n2ccc(=O)c(O)c2C1=O)C(F)(F)F. The molecule has 182 valence electrons. The maximum atomic E-state index is 14.5. The number of nitrogens with one attached hydrogen (secondary N) is 1. The molecule has 3 heterocycles. The Bertz CT molecular complexity index is 1390. The van der Waals surface area contributed by atoms with E-state index < -0.39 is 58.4 Å². The summed E-state index contributed by atoms with van der Waals surface area (Å²) >= 11 is 1.51. The Balaban J connectivity index is 1.79. The fraction of sp³-hybridized carbons (Fsp3) is 0.250. The van der Waals surface area contributed by atoms with Crippen molar-refractivity contribution in [3.8, 4) is 5.75 Å². The average molecular weight is 507 g/mol. The number of fused-ring (bicyclic) bond motifs is 3. The predicted octanol–water partition coefficient (Wildman–Crippen LogP) is 2.97. The van der Waals surface area contributed by atoms with Gasteiger partial charge in [0, 0.05) is 22.9 Å². The maximum absolute atomic E-state index is 14.5. The molecule has 0 saturated carbocycles. The highest BCUT2D eigenvalue weighted by Gasteiger charge is 2.51. The lowest BCUT2D eigenvalue weighted by atomic mass is 9.94. The van der Waals surface area contributed by atoms with E-state index in [0.717, 1.165) is 23.4 Å². The van der Waals surface area contributed by atoms with Crippen molar-refractivity contribution in [2.75, 3.05) is 11.7 Å². The summed E-state index contributed by atoms with van der Waals surface area (Å²) in [5.41, 5.74) is 0.599. The van der Waals surface area contributed by atoms with Crippen molar-refractivity contribution in [3.63, 3.8) is 0 Å². The van der Waals surface area contributed by atoms with Crippen LogP contribution in [0.5, 0.6) is 5.75 Å². The van der Waals surface area contributed by atoms with Crippen LogP contribution in [0, 0.1) is 5.82 Å². The van der Waals surface area contributed by atoms with E-state index in [2.05, 4.69) is 0 Å². The number of aromatic hydroxyl groups is 1. The second-order valence-corrected chi connectivity index (χ2v) is 9.53. The Labute approximate surface area is 201 Å². The lowest BCUT2D eigenvalue weighted by Crippen LogP contribution is -3.22. The number of halogens is 4. The number of quaternary nitrogens is 1. The van der Waals surface area contributed by atoms with Gasteiger partial charge in [-0.25, -0.2) is 18.8 Å². The number of alkyl halides is 3. The number of thioether (sulfide) groups is 1. The molecule has 0 bridgehead atoms. The lowest BCUT2D eigenvalue weighted by molar-refractivity contribution is -0.858. The highest BCUT2D eigenvalue weighted by Crippen LogP contribution is 2.42. The van der Waals surface area contributed by atoms with Gasteiger partial charge in [-0.05, 0) is 41.8 Å². The summed E-state index contributed by atoms with van der Waals surface area (Å²) < 4.78 is 56.9. The zero-order valence-corrected chi connectivity index (χ0v) is 19.2. The molecule has 35 heavy (non-hydrogen) atoms. The molecule has 11 heteroatoms. The second kappa shape index (κ2) is 8.42. The quantitative estimate of drug-likeness (QED) is 0.524. The van der Waals surface area contributed by atoms with Gasteiger partial charge in [0.2, 0.25) is 11.1 Å². The fourth-order valence-corrected chi connectivity index (χ4v) is 5.69. The number of benzene rings is 2. The first kappa shape index (κ1) is 23.4. The minimum Gasteiger partial charge on any atom is -0.502 e. The highest BCUT2D eigenvalue weighted by atomic mass is 32.2. The molecule has 0 spiro atoms. The molecule has 5 rings (SSSR count). The Morgan fingerprint density at radius 3 is 2.60 bits per heavy atom. The highest BCUT2D eigenvalue weighted by molar-refractivity contribution is 7.98. The number of carbonyl (C=O) groups excluding carboxylic acids is 1. The molecule has 2 N–H and O–H groups in total. The molecule has 3 atom stereocenters. The molecule has 0 fully saturated rings. The number of amides is 1. The molecular formula is C24H20F4N3O3S+. The van der Waals surface area contributed by atoms with Crippen LogP contribution in [-0.2, 0) is 5.75 Å². The van der Waals surface area contributed by atoms with Gasteiger partial charge in [0.1, 0.15) is 11.9 Å². The molecule has 1 amide bonds.